The van der Waals surface area contributed by atoms with Gasteiger partial charge in [0.15, 0.2) is 6.29 Å². The normalized spacial score (nSPS) is 36.8. The number of rotatable bonds is 3. The number of methoxy groups -OCH3 is 2. The minimum atomic E-state index is -0.420. The van der Waals surface area contributed by atoms with Gasteiger partial charge >= 0.3 is 0 Å². The van der Waals surface area contributed by atoms with E-state index in [4.69, 9.17) is 14.2 Å². The first-order valence-electron chi connectivity index (χ1n) is 4.13. The van der Waals surface area contributed by atoms with E-state index < -0.39 is 6.10 Å². The smallest absolute Gasteiger partial charge is 0.157 e. The summed E-state index contributed by atoms with van der Waals surface area (Å²) in [6.07, 6.45) is 0.614. The van der Waals surface area contributed by atoms with Crippen LogP contribution in [0.5, 0.6) is 0 Å². The van der Waals surface area contributed by atoms with Crippen molar-refractivity contribution in [2.24, 2.45) is 0 Å². The van der Waals surface area contributed by atoms with E-state index in [-0.39, 0.29) is 12.4 Å². The fraction of sp³-hybridized carbons (Fsp3) is 1.00. The molecular weight excluding hydrogens is 160 g/mol. The molecule has 12 heavy (non-hydrogen) atoms. The summed E-state index contributed by atoms with van der Waals surface area (Å²) in [6.45, 7) is 0.418. The lowest BCUT2D eigenvalue weighted by molar-refractivity contribution is -0.221. The highest BCUT2D eigenvalue weighted by atomic mass is 16.7. The maximum absolute atomic E-state index is 9.45. The zero-order chi connectivity index (χ0) is 8.97. The highest BCUT2D eigenvalue weighted by molar-refractivity contribution is 4.74. The maximum Gasteiger partial charge on any atom is 0.157 e. The molecule has 1 rings (SSSR count). The Balaban J connectivity index is 2.36. The van der Waals surface area contributed by atoms with Gasteiger partial charge in [-0.25, -0.2) is 0 Å². The Kier molecular flexibility index (Phi) is 3.94. The molecule has 0 aromatic heterocycles. The van der Waals surface area contributed by atoms with Crippen molar-refractivity contribution in [1.82, 2.24) is 0 Å². The van der Waals surface area contributed by atoms with Crippen molar-refractivity contribution in [2.45, 2.75) is 31.3 Å². The predicted molar refractivity (Wildman–Crippen MR) is 42.8 cm³/mol. The lowest BCUT2D eigenvalue weighted by atomic mass is 10.1. The second-order valence-electron chi connectivity index (χ2n) is 2.94. The van der Waals surface area contributed by atoms with E-state index in [0.29, 0.717) is 13.0 Å². The van der Waals surface area contributed by atoms with Gasteiger partial charge in [-0.15, -0.1) is 0 Å². The number of hydrogen-bond acceptors (Lipinski definition) is 4. The molecule has 0 aromatic rings. The zero-order valence-corrected chi connectivity index (χ0v) is 7.53. The molecule has 0 aromatic carbocycles. The monoisotopic (exact) mass is 176 g/mol. The fourth-order valence-corrected chi connectivity index (χ4v) is 1.33. The van der Waals surface area contributed by atoms with Crippen molar-refractivity contribution < 1.29 is 19.3 Å². The highest BCUT2D eigenvalue weighted by Gasteiger charge is 2.29. The van der Waals surface area contributed by atoms with Crippen molar-refractivity contribution in [2.75, 3.05) is 20.8 Å². The molecule has 72 valence electrons. The average molecular weight is 176 g/mol. The maximum atomic E-state index is 9.45. The van der Waals surface area contributed by atoms with Crippen molar-refractivity contribution in [1.29, 1.82) is 0 Å². The van der Waals surface area contributed by atoms with Crippen LogP contribution in [-0.4, -0.2) is 44.4 Å². The van der Waals surface area contributed by atoms with E-state index in [1.165, 1.54) is 0 Å². The topological polar surface area (TPSA) is 47.9 Å². The van der Waals surface area contributed by atoms with Crippen LogP contribution in [0.2, 0.25) is 0 Å². The number of aliphatic hydroxyl groups excluding tert-OH is 1. The third-order valence-electron chi connectivity index (χ3n) is 2.05. The lowest BCUT2D eigenvalue weighted by Gasteiger charge is -2.32. The molecule has 0 amide bonds. The standard InChI is InChI=1S/C8H16O4/c1-10-5-7-6(9)3-4-8(11-2)12-7/h6-9H,3-5H2,1-2H3/t6-,7+,8-/m0/s1. The van der Waals surface area contributed by atoms with E-state index in [0.717, 1.165) is 6.42 Å². The lowest BCUT2D eigenvalue weighted by Crippen LogP contribution is -2.42. The molecule has 4 nitrogen and oxygen atoms in total. The van der Waals surface area contributed by atoms with Crippen molar-refractivity contribution in [3.8, 4) is 0 Å². The second kappa shape index (κ2) is 4.77. The van der Waals surface area contributed by atoms with Gasteiger partial charge in [0.05, 0.1) is 12.7 Å². The average Bonchev–Trinajstić information content (AvgIpc) is 2.09. The van der Waals surface area contributed by atoms with Gasteiger partial charge in [0.25, 0.3) is 0 Å². The molecule has 0 bridgehead atoms. The summed E-state index contributed by atoms with van der Waals surface area (Å²) >= 11 is 0. The quantitative estimate of drug-likeness (QED) is 0.664. The van der Waals surface area contributed by atoms with Gasteiger partial charge in [0, 0.05) is 20.6 Å². The molecule has 1 aliphatic heterocycles. The summed E-state index contributed by atoms with van der Waals surface area (Å²) in [5.74, 6) is 0. The Labute approximate surface area is 72.4 Å². The Bertz CT molecular complexity index is 128. The van der Waals surface area contributed by atoms with E-state index >= 15 is 0 Å². The minimum absolute atomic E-state index is 0.187. The summed E-state index contributed by atoms with van der Waals surface area (Å²) in [4.78, 5) is 0. The molecule has 0 unspecified atom stereocenters. The van der Waals surface area contributed by atoms with Crippen LogP contribution in [-0.2, 0) is 14.2 Å². The molecule has 4 heteroatoms. The number of aliphatic hydroxyl groups is 1. The van der Waals surface area contributed by atoms with Crippen molar-refractivity contribution in [3.63, 3.8) is 0 Å². The summed E-state index contributed by atoms with van der Waals surface area (Å²) in [7, 11) is 3.19. The third kappa shape index (κ3) is 2.42. The van der Waals surface area contributed by atoms with Crippen LogP contribution in [0.25, 0.3) is 0 Å². The van der Waals surface area contributed by atoms with Gasteiger partial charge in [-0.3, -0.25) is 0 Å². The fourth-order valence-electron chi connectivity index (χ4n) is 1.33. The van der Waals surface area contributed by atoms with E-state index in [2.05, 4.69) is 0 Å². The Hall–Kier alpha value is -0.160. The molecule has 1 saturated heterocycles. The SMILES string of the molecule is COC[C@H]1O[C@H](OC)CC[C@@H]1O. The molecular formula is C8H16O4. The Morgan fingerprint density at radius 3 is 2.75 bits per heavy atom. The van der Waals surface area contributed by atoms with E-state index in [1.807, 2.05) is 0 Å². The molecule has 0 radical (unpaired) electrons. The second-order valence-corrected chi connectivity index (χ2v) is 2.94. The summed E-state index contributed by atoms with van der Waals surface area (Å²) in [6, 6.07) is 0. The van der Waals surface area contributed by atoms with Crippen LogP contribution in [0, 0.1) is 0 Å². The molecule has 3 atom stereocenters. The molecule has 0 saturated carbocycles. The summed E-state index contributed by atoms with van der Waals surface area (Å²) in [5, 5.41) is 9.45. The van der Waals surface area contributed by atoms with Gasteiger partial charge in [0.1, 0.15) is 6.10 Å². The third-order valence-corrected chi connectivity index (χ3v) is 2.05. The molecule has 1 aliphatic rings. The van der Waals surface area contributed by atoms with Crippen molar-refractivity contribution in [3.05, 3.63) is 0 Å². The van der Waals surface area contributed by atoms with Gasteiger partial charge in [-0.1, -0.05) is 0 Å². The van der Waals surface area contributed by atoms with Gasteiger partial charge in [0.2, 0.25) is 0 Å². The van der Waals surface area contributed by atoms with Crippen LogP contribution < -0.4 is 0 Å². The first-order chi connectivity index (χ1) is 5.77. The molecule has 0 aliphatic carbocycles. The minimum Gasteiger partial charge on any atom is -0.390 e. The van der Waals surface area contributed by atoms with Gasteiger partial charge in [-0.05, 0) is 6.42 Å². The number of ether oxygens (including phenoxy) is 3. The predicted octanol–water partition coefficient (Wildman–Crippen LogP) is 0.145. The zero-order valence-electron chi connectivity index (χ0n) is 7.53. The van der Waals surface area contributed by atoms with Crippen molar-refractivity contribution >= 4 is 0 Å². The van der Waals surface area contributed by atoms with E-state index in [9.17, 15) is 5.11 Å². The van der Waals surface area contributed by atoms with Crippen LogP contribution in [0.15, 0.2) is 0 Å². The van der Waals surface area contributed by atoms with Gasteiger partial charge < -0.3 is 19.3 Å². The summed E-state index contributed by atoms with van der Waals surface area (Å²) in [5.41, 5.74) is 0. The first-order valence-corrected chi connectivity index (χ1v) is 4.13. The highest BCUT2D eigenvalue weighted by Crippen LogP contribution is 2.19. The summed E-state index contributed by atoms with van der Waals surface area (Å²) < 4.78 is 15.3. The molecule has 1 N–H and O–H groups in total. The Morgan fingerprint density at radius 1 is 1.42 bits per heavy atom. The van der Waals surface area contributed by atoms with E-state index in [1.54, 1.807) is 14.2 Å². The van der Waals surface area contributed by atoms with Crippen LogP contribution in [0.3, 0.4) is 0 Å². The molecule has 0 spiro atoms. The van der Waals surface area contributed by atoms with Crippen LogP contribution >= 0.6 is 0 Å². The molecule has 1 heterocycles. The van der Waals surface area contributed by atoms with Gasteiger partial charge in [-0.2, -0.15) is 0 Å². The largest absolute Gasteiger partial charge is 0.390 e. The number of hydrogen-bond donors (Lipinski definition) is 1. The first kappa shape index (κ1) is 9.92. The Morgan fingerprint density at radius 2 is 2.17 bits per heavy atom. The molecule has 1 fully saturated rings. The van der Waals surface area contributed by atoms with Crippen LogP contribution in [0.1, 0.15) is 12.8 Å². The van der Waals surface area contributed by atoms with Crippen LogP contribution in [0.4, 0.5) is 0 Å².